The van der Waals surface area contributed by atoms with Crippen molar-refractivity contribution < 1.29 is 13.6 Å². The Morgan fingerprint density at radius 1 is 1.41 bits per heavy atom. The Hall–Kier alpha value is -2.02. The second-order valence-corrected chi connectivity index (χ2v) is 6.14. The van der Waals surface area contributed by atoms with Crippen molar-refractivity contribution in [2.24, 2.45) is 0 Å². The maximum absolute atomic E-state index is 13.4. The number of carbonyl (C=O) groups excluding carboxylic acids is 1. The van der Waals surface area contributed by atoms with E-state index in [1.165, 1.54) is 17.4 Å². The predicted octanol–water partition coefficient (Wildman–Crippen LogP) is 3.44. The zero-order valence-electron chi connectivity index (χ0n) is 12.0. The van der Waals surface area contributed by atoms with Crippen LogP contribution >= 0.6 is 11.3 Å². The highest BCUT2D eigenvalue weighted by Gasteiger charge is 2.32. The van der Waals surface area contributed by atoms with Crippen molar-refractivity contribution in [1.29, 1.82) is 0 Å². The predicted molar refractivity (Wildman–Crippen MR) is 81.0 cm³/mol. The van der Waals surface area contributed by atoms with E-state index in [2.05, 4.69) is 10.3 Å². The topological polar surface area (TPSA) is 45.2 Å². The maximum atomic E-state index is 13.4. The molecule has 4 nitrogen and oxygen atoms in total. The lowest BCUT2D eigenvalue weighted by Gasteiger charge is -2.24. The molecule has 1 aliphatic rings. The number of rotatable bonds is 3. The summed E-state index contributed by atoms with van der Waals surface area (Å²) in [5.41, 5.74) is 0.628. The summed E-state index contributed by atoms with van der Waals surface area (Å²) >= 11 is 1.28. The Morgan fingerprint density at radius 2 is 2.23 bits per heavy atom. The van der Waals surface area contributed by atoms with Crippen LogP contribution < -0.4 is 5.32 Å². The number of hydrogen-bond donors (Lipinski definition) is 1. The molecular formula is C15H15F2N3OS. The number of thiazole rings is 1. The fourth-order valence-electron chi connectivity index (χ4n) is 2.71. The summed E-state index contributed by atoms with van der Waals surface area (Å²) in [5.74, 6) is -1.88. The molecule has 1 fully saturated rings. The highest BCUT2D eigenvalue weighted by Crippen LogP contribution is 2.34. The summed E-state index contributed by atoms with van der Waals surface area (Å²) in [6.07, 6.45) is 3.13. The summed E-state index contributed by atoms with van der Waals surface area (Å²) in [5, 5.41) is 3.57. The first-order chi connectivity index (χ1) is 10.6. The Balaban J connectivity index is 1.86. The van der Waals surface area contributed by atoms with Gasteiger partial charge in [-0.15, -0.1) is 0 Å². The molecule has 0 saturated carbocycles. The van der Waals surface area contributed by atoms with Crippen molar-refractivity contribution in [1.82, 2.24) is 9.88 Å². The monoisotopic (exact) mass is 323 g/mol. The van der Waals surface area contributed by atoms with Gasteiger partial charge in [-0.1, -0.05) is 17.4 Å². The Bertz CT molecular complexity index is 704. The summed E-state index contributed by atoms with van der Waals surface area (Å²) in [4.78, 5) is 19.0. The molecule has 2 heterocycles. The third kappa shape index (κ3) is 2.68. The van der Waals surface area contributed by atoms with Crippen LogP contribution in [0, 0.1) is 11.6 Å². The number of hydrogen-bond acceptors (Lipinski definition) is 4. The lowest BCUT2D eigenvalue weighted by atomic mass is 10.0. The third-order valence-electron chi connectivity index (χ3n) is 3.77. The van der Waals surface area contributed by atoms with Gasteiger partial charge < -0.3 is 10.2 Å². The van der Waals surface area contributed by atoms with Crippen LogP contribution in [0.4, 0.5) is 13.9 Å². The van der Waals surface area contributed by atoms with E-state index in [-0.39, 0.29) is 11.9 Å². The van der Waals surface area contributed by atoms with Gasteiger partial charge in [-0.2, -0.15) is 0 Å². The van der Waals surface area contributed by atoms with Gasteiger partial charge in [0, 0.05) is 13.6 Å². The van der Waals surface area contributed by atoms with Crippen LogP contribution in [0.25, 0.3) is 0 Å². The van der Waals surface area contributed by atoms with Crippen molar-refractivity contribution in [3.63, 3.8) is 0 Å². The van der Waals surface area contributed by atoms with Crippen LogP contribution in [0.3, 0.4) is 0 Å². The molecule has 1 aromatic carbocycles. The number of nitrogens with zero attached hydrogens (tertiary/aromatic N) is 2. The minimum absolute atomic E-state index is 0.119. The quantitative estimate of drug-likeness (QED) is 0.941. The Morgan fingerprint density at radius 3 is 2.91 bits per heavy atom. The molecule has 0 spiro atoms. The van der Waals surface area contributed by atoms with E-state index in [4.69, 9.17) is 0 Å². The highest BCUT2D eigenvalue weighted by atomic mass is 32.1. The van der Waals surface area contributed by atoms with Gasteiger partial charge in [-0.25, -0.2) is 13.8 Å². The summed E-state index contributed by atoms with van der Waals surface area (Å²) in [6, 6.07) is 3.61. The lowest BCUT2D eigenvalue weighted by molar-refractivity contribution is 0.0740. The molecule has 0 radical (unpaired) electrons. The lowest BCUT2D eigenvalue weighted by Crippen LogP contribution is -2.30. The zero-order chi connectivity index (χ0) is 15.7. The number of amides is 1. The maximum Gasteiger partial charge on any atom is 0.266 e. The standard InChI is InChI=1S/C15H15F2N3OS/c1-18-15-19-8-13(22-15)14(21)20-6-2-3-12(20)9-4-5-10(16)11(17)7-9/h4-5,7-8,12H,2-3,6H2,1H3,(H,18,19). The number of halogens is 2. The molecule has 1 unspecified atom stereocenters. The van der Waals surface area contributed by atoms with Crippen molar-refractivity contribution in [3.8, 4) is 0 Å². The third-order valence-corrected chi connectivity index (χ3v) is 4.78. The summed E-state index contributed by atoms with van der Waals surface area (Å²) < 4.78 is 26.5. The average Bonchev–Trinajstić information content (AvgIpc) is 3.18. The minimum atomic E-state index is -0.882. The number of carbonyl (C=O) groups is 1. The molecule has 1 atom stereocenters. The Labute approximate surface area is 130 Å². The number of anilines is 1. The van der Waals surface area contributed by atoms with Gasteiger partial charge in [-0.05, 0) is 30.5 Å². The molecule has 1 aliphatic heterocycles. The normalized spacial score (nSPS) is 17.8. The number of aromatic nitrogens is 1. The average molecular weight is 323 g/mol. The van der Waals surface area contributed by atoms with Crippen LogP contribution in [0.15, 0.2) is 24.4 Å². The largest absolute Gasteiger partial charge is 0.365 e. The zero-order valence-corrected chi connectivity index (χ0v) is 12.8. The molecule has 3 rings (SSSR count). The minimum Gasteiger partial charge on any atom is -0.365 e. The van der Waals surface area contributed by atoms with Crippen molar-refractivity contribution in [2.75, 3.05) is 18.9 Å². The molecule has 0 aliphatic carbocycles. The van der Waals surface area contributed by atoms with E-state index in [0.717, 1.165) is 18.9 Å². The van der Waals surface area contributed by atoms with Crippen LogP contribution in [0.5, 0.6) is 0 Å². The van der Waals surface area contributed by atoms with E-state index in [9.17, 15) is 13.6 Å². The van der Waals surface area contributed by atoms with Gasteiger partial charge in [0.2, 0.25) is 0 Å². The van der Waals surface area contributed by atoms with Crippen LogP contribution in [-0.4, -0.2) is 29.4 Å². The van der Waals surface area contributed by atoms with E-state index < -0.39 is 11.6 Å². The number of nitrogens with one attached hydrogen (secondary N) is 1. The van der Waals surface area contributed by atoms with Gasteiger partial charge in [0.25, 0.3) is 5.91 Å². The second kappa shape index (κ2) is 6.00. The summed E-state index contributed by atoms with van der Waals surface area (Å²) in [6.45, 7) is 0.606. The van der Waals surface area contributed by atoms with Gasteiger partial charge in [0.05, 0.1) is 12.2 Å². The molecule has 1 aromatic heterocycles. The summed E-state index contributed by atoms with van der Waals surface area (Å²) in [7, 11) is 1.74. The van der Waals surface area contributed by atoms with E-state index in [1.54, 1.807) is 24.2 Å². The van der Waals surface area contributed by atoms with Gasteiger partial charge in [-0.3, -0.25) is 4.79 Å². The molecule has 1 amide bonds. The van der Waals surface area contributed by atoms with Crippen molar-refractivity contribution in [2.45, 2.75) is 18.9 Å². The van der Waals surface area contributed by atoms with Gasteiger partial charge in [0.15, 0.2) is 16.8 Å². The highest BCUT2D eigenvalue weighted by molar-refractivity contribution is 7.17. The molecule has 0 bridgehead atoms. The smallest absolute Gasteiger partial charge is 0.266 e. The number of likely N-dealkylation sites (tertiary alicyclic amines) is 1. The first-order valence-electron chi connectivity index (χ1n) is 6.99. The molecule has 2 aromatic rings. The first kappa shape index (κ1) is 14.9. The van der Waals surface area contributed by atoms with Crippen molar-refractivity contribution in [3.05, 3.63) is 46.5 Å². The molecule has 116 valence electrons. The Kier molecular flexibility index (Phi) is 4.06. The van der Waals surface area contributed by atoms with E-state index in [1.807, 2.05) is 0 Å². The molecule has 7 heteroatoms. The second-order valence-electron chi connectivity index (χ2n) is 5.11. The van der Waals surface area contributed by atoms with Crippen LogP contribution in [0.1, 0.15) is 34.1 Å². The fraction of sp³-hybridized carbons (Fsp3) is 0.333. The fourth-order valence-corrected chi connectivity index (χ4v) is 3.43. The van der Waals surface area contributed by atoms with Crippen LogP contribution in [-0.2, 0) is 0 Å². The van der Waals surface area contributed by atoms with E-state index >= 15 is 0 Å². The van der Waals surface area contributed by atoms with Crippen molar-refractivity contribution >= 4 is 22.4 Å². The van der Waals surface area contributed by atoms with Crippen LogP contribution in [0.2, 0.25) is 0 Å². The SMILES string of the molecule is CNc1ncc(C(=O)N2CCCC2c2ccc(F)c(F)c2)s1. The number of benzene rings is 1. The first-order valence-corrected chi connectivity index (χ1v) is 7.81. The molecule has 22 heavy (non-hydrogen) atoms. The molecule has 1 saturated heterocycles. The molecule has 1 N–H and O–H groups in total. The molecular weight excluding hydrogens is 308 g/mol. The van der Waals surface area contributed by atoms with Gasteiger partial charge >= 0.3 is 0 Å². The van der Waals surface area contributed by atoms with Gasteiger partial charge in [0.1, 0.15) is 4.88 Å². The van der Waals surface area contributed by atoms with E-state index in [0.29, 0.717) is 22.1 Å².